The van der Waals surface area contributed by atoms with Crippen molar-refractivity contribution in [2.24, 2.45) is 0 Å². The van der Waals surface area contributed by atoms with Gasteiger partial charge in [-0.2, -0.15) is 0 Å². The number of amides is 1. The number of imidazole rings is 1. The molecule has 0 saturated carbocycles. The van der Waals surface area contributed by atoms with Gasteiger partial charge in [-0.15, -0.1) is 0 Å². The zero-order valence-corrected chi connectivity index (χ0v) is 17.5. The lowest BCUT2D eigenvalue weighted by molar-refractivity contribution is -0.129. The summed E-state index contributed by atoms with van der Waals surface area (Å²) in [7, 11) is 3.41. The van der Waals surface area contributed by atoms with Crippen molar-refractivity contribution in [3.63, 3.8) is 0 Å². The number of para-hydroxylation sites is 2. The van der Waals surface area contributed by atoms with Crippen LogP contribution in [0.4, 0.5) is 5.69 Å². The van der Waals surface area contributed by atoms with Crippen LogP contribution in [0, 0.1) is 0 Å². The third-order valence-electron chi connectivity index (χ3n) is 4.74. The maximum absolute atomic E-state index is 12.8. The number of carbonyl (C=O) groups is 2. The highest BCUT2D eigenvalue weighted by atomic mass is 35.5. The van der Waals surface area contributed by atoms with Gasteiger partial charge >= 0.3 is 0 Å². The summed E-state index contributed by atoms with van der Waals surface area (Å²) in [6, 6.07) is 12.5. The monoisotopic (exact) mass is 430 g/mol. The number of likely N-dealkylation sites (N-methyl/N-ethyl adjacent to an activating group) is 2. The topological polar surface area (TPSA) is 87.9 Å². The van der Waals surface area contributed by atoms with Gasteiger partial charge in [0.15, 0.2) is 5.75 Å². The highest BCUT2D eigenvalue weighted by molar-refractivity contribution is 6.31. The Hall–Kier alpha value is -3.10. The average Bonchev–Trinajstić information content (AvgIpc) is 3.06. The predicted octanol–water partition coefficient (Wildman–Crippen LogP) is 2.31. The second kappa shape index (κ2) is 9.60. The molecule has 0 aliphatic rings. The SMILES string of the molecule is CN(Cc1nc2ccccc2n1CCO)C(=O)CN(C)c1cc(Cl)ccc1OC=O. The van der Waals surface area contributed by atoms with E-state index in [-0.39, 0.29) is 25.6 Å². The highest BCUT2D eigenvalue weighted by Gasteiger charge is 2.19. The molecular weight excluding hydrogens is 408 g/mol. The molecule has 1 N–H and O–H groups in total. The van der Waals surface area contributed by atoms with E-state index in [2.05, 4.69) is 4.98 Å². The van der Waals surface area contributed by atoms with Crippen LogP contribution in [-0.4, -0.2) is 59.2 Å². The number of aromatic nitrogens is 2. The molecule has 3 aromatic rings. The summed E-state index contributed by atoms with van der Waals surface area (Å²) in [6.07, 6.45) is 0. The van der Waals surface area contributed by atoms with Crippen LogP contribution in [0.2, 0.25) is 5.02 Å². The van der Waals surface area contributed by atoms with Crippen molar-refractivity contribution in [2.75, 3.05) is 32.1 Å². The number of hydrogen-bond donors (Lipinski definition) is 1. The number of aliphatic hydroxyl groups excluding tert-OH is 1. The Labute approximate surface area is 179 Å². The molecule has 158 valence electrons. The third-order valence-corrected chi connectivity index (χ3v) is 4.98. The van der Waals surface area contributed by atoms with Crippen LogP contribution in [0.5, 0.6) is 5.75 Å². The fourth-order valence-corrected chi connectivity index (χ4v) is 3.41. The number of ether oxygens (including phenoxy) is 1. The third kappa shape index (κ3) is 4.72. The van der Waals surface area contributed by atoms with Crippen LogP contribution in [-0.2, 0) is 22.7 Å². The van der Waals surface area contributed by atoms with Crippen molar-refractivity contribution in [3.05, 3.63) is 53.3 Å². The van der Waals surface area contributed by atoms with Crippen LogP contribution < -0.4 is 9.64 Å². The number of benzene rings is 2. The summed E-state index contributed by atoms with van der Waals surface area (Å²) in [6.45, 7) is 1.04. The van der Waals surface area contributed by atoms with Crippen LogP contribution in [0.1, 0.15) is 5.82 Å². The first-order chi connectivity index (χ1) is 14.4. The van der Waals surface area contributed by atoms with Gasteiger partial charge < -0.3 is 24.2 Å². The Balaban J connectivity index is 1.76. The summed E-state index contributed by atoms with van der Waals surface area (Å²) in [5.41, 5.74) is 2.26. The lowest BCUT2D eigenvalue weighted by Crippen LogP contribution is -2.37. The van der Waals surface area contributed by atoms with E-state index < -0.39 is 0 Å². The van der Waals surface area contributed by atoms with Gasteiger partial charge in [-0.3, -0.25) is 9.59 Å². The number of nitrogens with zero attached hydrogens (tertiary/aromatic N) is 4. The van der Waals surface area contributed by atoms with Gasteiger partial charge in [-0.25, -0.2) is 4.98 Å². The molecule has 0 atom stereocenters. The van der Waals surface area contributed by atoms with Gasteiger partial charge in [-0.05, 0) is 30.3 Å². The standard InChI is InChI=1S/C21H23ClN4O4/c1-24(18-11-15(22)7-8-19(18)30-14-28)13-21(29)25(2)12-20-23-16-5-3-4-6-17(16)26(20)9-10-27/h3-8,11,14,27H,9-10,12-13H2,1-2H3. The van der Waals surface area contributed by atoms with Gasteiger partial charge in [-0.1, -0.05) is 23.7 Å². The van der Waals surface area contributed by atoms with Crippen molar-refractivity contribution in [2.45, 2.75) is 13.1 Å². The van der Waals surface area contributed by atoms with E-state index in [0.717, 1.165) is 11.0 Å². The predicted molar refractivity (Wildman–Crippen MR) is 115 cm³/mol. The molecule has 0 aliphatic carbocycles. The quantitative estimate of drug-likeness (QED) is 0.524. The summed E-state index contributed by atoms with van der Waals surface area (Å²) in [4.78, 5) is 31.4. The molecule has 9 heteroatoms. The molecule has 0 radical (unpaired) electrons. The summed E-state index contributed by atoms with van der Waals surface area (Å²) >= 11 is 6.06. The smallest absolute Gasteiger partial charge is 0.298 e. The van der Waals surface area contributed by atoms with Crippen LogP contribution in [0.3, 0.4) is 0 Å². The van der Waals surface area contributed by atoms with Crippen LogP contribution in [0.15, 0.2) is 42.5 Å². The molecule has 2 aromatic carbocycles. The van der Waals surface area contributed by atoms with Crippen LogP contribution in [0.25, 0.3) is 11.0 Å². The van der Waals surface area contributed by atoms with E-state index in [0.29, 0.717) is 35.3 Å². The average molecular weight is 431 g/mol. The van der Waals surface area contributed by atoms with Gasteiger partial charge in [0.25, 0.3) is 6.47 Å². The van der Waals surface area contributed by atoms with E-state index >= 15 is 0 Å². The van der Waals surface area contributed by atoms with E-state index in [1.165, 1.54) is 0 Å². The molecule has 1 heterocycles. The molecule has 0 aliphatic heterocycles. The van der Waals surface area contributed by atoms with E-state index in [9.17, 15) is 14.7 Å². The first-order valence-corrected chi connectivity index (χ1v) is 9.72. The van der Waals surface area contributed by atoms with Crippen molar-refractivity contribution < 1.29 is 19.4 Å². The van der Waals surface area contributed by atoms with Crippen molar-refractivity contribution >= 4 is 40.7 Å². The normalized spacial score (nSPS) is 10.8. The zero-order valence-electron chi connectivity index (χ0n) is 16.8. The Bertz CT molecular complexity index is 1050. The first kappa shape index (κ1) is 21.6. The lowest BCUT2D eigenvalue weighted by Gasteiger charge is -2.24. The van der Waals surface area contributed by atoms with Gasteiger partial charge in [0.1, 0.15) is 5.82 Å². The lowest BCUT2D eigenvalue weighted by atomic mass is 10.2. The highest BCUT2D eigenvalue weighted by Crippen LogP contribution is 2.30. The summed E-state index contributed by atoms with van der Waals surface area (Å²) in [5.74, 6) is 0.853. The molecule has 8 nitrogen and oxygen atoms in total. The van der Waals surface area contributed by atoms with Gasteiger partial charge in [0.2, 0.25) is 5.91 Å². The van der Waals surface area contributed by atoms with E-state index in [4.69, 9.17) is 16.3 Å². The number of anilines is 1. The maximum Gasteiger partial charge on any atom is 0.298 e. The van der Waals surface area contributed by atoms with Crippen molar-refractivity contribution in [3.8, 4) is 5.75 Å². The van der Waals surface area contributed by atoms with Gasteiger partial charge in [0, 0.05) is 25.7 Å². The number of aliphatic hydroxyl groups is 1. The molecule has 0 bridgehead atoms. The Morgan fingerprint density at radius 2 is 2.03 bits per heavy atom. The fraction of sp³-hybridized carbons (Fsp3) is 0.286. The number of carbonyl (C=O) groups excluding carboxylic acids is 2. The molecule has 1 aromatic heterocycles. The number of fused-ring (bicyclic) bond motifs is 1. The summed E-state index contributed by atoms with van der Waals surface area (Å²) < 4.78 is 6.90. The molecular formula is C21H23ClN4O4. The van der Waals surface area contributed by atoms with Crippen molar-refractivity contribution in [1.29, 1.82) is 0 Å². The molecule has 0 saturated heterocycles. The van der Waals surface area contributed by atoms with E-state index in [1.54, 1.807) is 42.1 Å². The van der Waals surface area contributed by atoms with E-state index in [1.807, 2.05) is 28.8 Å². The molecule has 3 rings (SSSR count). The Morgan fingerprint density at radius 1 is 1.27 bits per heavy atom. The van der Waals surface area contributed by atoms with Crippen molar-refractivity contribution in [1.82, 2.24) is 14.5 Å². The minimum absolute atomic E-state index is 0.0258. The zero-order chi connectivity index (χ0) is 21.7. The minimum Gasteiger partial charge on any atom is -0.427 e. The van der Waals surface area contributed by atoms with Gasteiger partial charge in [0.05, 0.1) is 36.4 Å². The molecule has 30 heavy (non-hydrogen) atoms. The molecule has 0 fully saturated rings. The summed E-state index contributed by atoms with van der Waals surface area (Å²) in [5, 5.41) is 9.89. The molecule has 0 spiro atoms. The first-order valence-electron chi connectivity index (χ1n) is 9.34. The fourth-order valence-electron chi connectivity index (χ4n) is 3.25. The molecule has 0 unspecified atom stereocenters. The second-order valence-corrected chi connectivity index (χ2v) is 7.26. The maximum atomic E-state index is 12.8. The number of rotatable bonds is 9. The van der Waals surface area contributed by atoms with Crippen LogP contribution >= 0.6 is 11.6 Å². The minimum atomic E-state index is -0.155. The second-order valence-electron chi connectivity index (χ2n) is 6.82. The Morgan fingerprint density at radius 3 is 2.77 bits per heavy atom. The number of halogens is 1. The number of hydrogen-bond acceptors (Lipinski definition) is 6. The largest absolute Gasteiger partial charge is 0.427 e. The Kier molecular flexibility index (Phi) is 6.91. The molecule has 1 amide bonds.